The molecule has 0 bridgehead atoms. The molecule has 2 amide bonds. The van der Waals surface area contributed by atoms with Crippen LogP contribution in [-0.2, 0) is 4.79 Å². The monoisotopic (exact) mass is 203 g/mol. The molecule has 0 radical (unpaired) electrons. The van der Waals surface area contributed by atoms with Crippen molar-refractivity contribution in [1.29, 1.82) is 5.26 Å². The second-order valence-corrected chi connectivity index (χ2v) is 2.84. The van der Waals surface area contributed by atoms with E-state index in [-0.39, 0.29) is 6.54 Å². The van der Waals surface area contributed by atoms with Gasteiger partial charge in [0, 0.05) is 5.56 Å². The van der Waals surface area contributed by atoms with E-state index >= 15 is 0 Å². The average molecular weight is 203 g/mol. The van der Waals surface area contributed by atoms with Gasteiger partial charge in [-0.15, -0.1) is 0 Å². The highest BCUT2D eigenvalue weighted by Gasteiger charge is 2.06. The van der Waals surface area contributed by atoms with Crippen LogP contribution >= 0.6 is 0 Å². The van der Waals surface area contributed by atoms with Crippen LogP contribution in [0.25, 0.3) is 0 Å². The van der Waals surface area contributed by atoms with Gasteiger partial charge in [-0.3, -0.25) is 9.59 Å². The SMILES string of the molecule is N#Cc1cccc(C(=O)NCC(N)=O)c1. The number of carbonyl (C=O) groups excluding carboxylic acids is 2. The van der Waals surface area contributed by atoms with Crippen molar-refractivity contribution >= 4 is 11.8 Å². The maximum absolute atomic E-state index is 11.4. The smallest absolute Gasteiger partial charge is 0.251 e. The van der Waals surface area contributed by atoms with Crippen LogP contribution in [0.5, 0.6) is 0 Å². The molecule has 0 saturated carbocycles. The number of rotatable bonds is 3. The first-order valence-corrected chi connectivity index (χ1v) is 4.20. The Morgan fingerprint density at radius 1 is 1.47 bits per heavy atom. The van der Waals surface area contributed by atoms with Gasteiger partial charge in [-0.05, 0) is 18.2 Å². The molecule has 0 fully saturated rings. The molecule has 0 aromatic heterocycles. The number of primary amides is 1. The van der Waals surface area contributed by atoms with Gasteiger partial charge in [-0.25, -0.2) is 0 Å². The van der Waals surface area contributed by atoms with Crippen LogP contribution in [0.1, 0.15) is 15.9 Å². The van der Waals surface area contributed by atoms with E-state index < -0.39 is 11.8 Å². The van der Waals surface area contributed by atoms with Crippen molar-refractivity contribution in [2.75, 3.05) is 6.54 Å². The fourth-order valence-corrected chi connectivity index (χ4v) is 0.999. The number of nitrogens with zero attached hydrogens (tertiary/aromatic N) is 1. The zero-order chi connectivity index (χ0) is 11.3. The Kier molecular flexibility index (Phi) is 3.41. The lowest BCUT2D eigenvalue weighted by atomic mass is 10.1. The molecule has 1 rings (SSSR count). The third-order valence-corrected chi connectivity index (χ3v) is 1.68. The van der Waals surface area contributed by atoms with Gasteiger partial charge in [-0.2, -0.15) is 5.26 Å². The predicted molar refractivity (Wildman–Crippen MR) is 52.7 cm³/mol. The van der Waals surface area contributed by atoms with E-state index in [4.69, 9.17) is 11.0 Å². The summed E-state index contributed by atoms with van der Waals surface area (Å²) >= 11 is 0. The molecular weight excluding hydrogens is 194 g/mol. The molecule has 3 N–H and O–H groups in total. The van der Waals surface area contributed by atoms with Gasteiger partial charge < -0.3 is 11.1 Å². The molecule has 0 saturated heterocycles. The molecule has 5 heteroatoms. The van der Waals surface area contributed by atoms with Crippen molar-refractivity contribution in [3.05, 3.63) is 35.4 Å². The number of amides is 2. The first-order valence-electron chi connectivity index (χ1n) is 4.20. The first kappa shape index (κ1) is 10.7. The highest BCUT2D eigenvalue weighted by molar-refractivity contribution is 5.96. The Hall–Kier alpha value is -2.35. The van der Waals surface area contributed by atoms with Crippen molar-refractivity contribution in [3.8, 4) is 6.07 Å². The summed E-state index contributed by atoms with van der Waals surface area (Å²) in [6.07, 6.45) is 0. The van der Waals surface area contributed by atoms with Gasteiger partial charge in [0.2, 0.25) is 5.91 Å². The summed E-state index contributed by atoms with van der Waals surface area (Å²) in [5, 5.41) is 10.9. The summed E-state index contributed by atoms with van der Waals surface area (Å²) in [7, 11) is 0. The summed E-state index contributed by atoms with van der Waals surface area (Å²) in [5.41, 5.74) is 5.59. The van der Waals surface area contributed by atoms with E-state index in [9.17, 15) is 9.59 Å². The van der Waals surface area contributed by atoms with Gasteiger partial charge in [0.25, 0.3) is 5.91 Å². The summed E-state index contributed by atoms with van der Waals surface area (Å²) in [4.78, 5) is 21.8. The van der Waals surface area contributed by atoms with E-state index in [1.54, 1.807) is 18.2 Å². The lowest BCUT2D eigenvalue weighted by Crippen LogP contribution is -2.33. The van der Waals surface area contributed by atoms with Crippen LogP contribution < -0.4 is 11.1 Å². The minimum atomic E-state index is -0.611. The zero-order valence-electron chi connectivity index (χ0n) is 7.86. The van der Waals surface area contributed by atoms with Crippen molar-refractivity contribution in [1.82, 2.24) is 5.32 Å². The Morgan fingerprint density at radius 2 is 2.20 bits per heavy atom. The van der Waals surface area contributed by atoms with Crippen molar-refractivity contribution in [2.45, 2.75) is 0 Å². The topological polar surface area (TPSA) is 96.0 Å². The third kappa shape index (κ3) is 3.12. The van der Waals surface area contributed by atoms with Gasteiger partial charge in [-0.1, -0.05) is 6.07 Å². The Balaban J connectivity index is 2.74. The first-order chi connectivity index (χ1) is 7.13. The number of hydrogen-bond acceptors (Lipinski definition) is 3. The van der Waals surface area contributed by atoms with Crippen LogP contribution in [0.3, 0.4) is 0 Å². The summed E-state index contributed by atoms with van der Waals surface area (Å²) in [6.45, 7) is -0.213. The van der Waals surface area contributed by atoms with Gasteiger partial charge >= 0.3 is 0 Å². The molecule has 15 heavy (non-hydrogen) atoms. The molecule has 0 atom stereocenters. The maximum Gasteiger partial charge on any atom is 0.251 e. The average Bonchev–Trinajstić information content (AvgIpc) is 2.26. The minimum Gasteiger partial charge on any atom is -0.368 e. The summed E-state index contributed by atoms with van der Waals surface area (Å²) in [6, 6.07) is 8.09. The molecule has 0 aliphatic rings. The summed E-state index contributed by atoms with van der Waals surface area (Å²) < 4.78 is 0. The number of benzene rings is 1. The van der Waals surface area contributed by atoms with Crippen LogP contribution in [0.4, 0.5) is 0 Å². The number of nitriles is 1. The predicted octanol–water partition coefficient (Wildman–Crippen LogP) is -0.227. The molecule has 0 spiro atoms. The van der Waals surface area contributed by atoms with E-state index in [1.165, 1.54) is 6.07 Å². The van der Waals surface area contributed by atoms with Gasteiger partial charge in [0.15, 0.2) is 0 Å². The molecule has 0 aliphatic heterocycles. The Bertz CT molecular complexity index is 435. The Morgan fingerprint density at radius 3 is 2.80 bits per heavy atom. The molecule has 1 aromatic carbocycles. The zero-order valence-corrected chi connectivity index (χ0v) is 7.86. The van der Waals surface area contributed by atoms with Crippen LogP contribution in [0.15, 0.2) is 24.3 Å². The standard InChI is InChI=1S/C10H9N3O2/c11-5-7-2-1-3-8(4-7)10(15)13-6-9(12)14/h1-4H,6H2,(H2,12,14)(H,13,15). The maximum atomic E-state index is 11.4. The second kappa shape index (κ2) is 4.77. The Labute approximate surface area is 86.5 Å². The van der Waals surface area contributed by atoms with E-state index in [2.05, 4.69) is 5.32 Å². The van der Waals surface area contributed by atoms with Crippen molar-refractivity contribution in [2.24, 2.45) is 5.73 Å². The number of hydrogen-bond donors (Lipinski definition) is 2. The molecule has 0 aliphatic carbocycles. The van der Waals surface area contributed by atoms with Crippen molar-refractivity contribution in [3.63, 3.8) is 0 Å². The largest absolute Gasteiger partial charge is 0.368 e. The molecule has 1 aromatic rings. The fourth-order valence-electron chi connectivity index (χ4n) is 0.999. The van der Waals surface area contributed by atoms with Crippen LogP contribution in [0.2, 0.25) is 0 Å². The normalized spacial score (nSPS) is 9.00. The molecule has 0 heterocycles. The minimum absolute atomic E-state index is 0.213. The number of carbonyl (C=O) groups is 2. The quantitative estimate of drug-likeness (QED) is 0.710. The van der Waals surface area contributed by atoms with Gasteiger partial charge in [0.1, 0.15) is 0 Å². The lowest BCUT2D eigenvalue weighted by molar-refractivity contribution is -0.117. The molecule has 76 valence electrons. The van der Waals surface area contributed by atoms with Crippen LogP contribution in [0, 0.1) is 11.3 Å². The molecule has 5 nitrogen and oxygen atoms in total. The van der Waals surface area contributed by atoms with Crippen LogP contribution in [-0.4, -0.2) is 18.4 Å². The molecular formula is C10H9N3O2. The van der Waals surface area contributed by atoms with E-state index in [0.29, 0.717) is 11.1 Å². The van der Waals surface area contributed by atoms with Crippen molar-refractivity contribution < 1.29 is 9.59 Å². The van der Waals surface area contributed by atoms with E-state index in [0.717, 1.165) is 0 Å². The highest BCUT2D eigenvalue weighted by atomic mass is 16.2. The molecule has 0 unspecified atom stereocenters. The number of nitrogens with one attached hydrogen (secondary N) is 1. The summed E-state index contributed by atoms with van der Waals surface area (Å²) in [5.74, 6) is -1.04. The third-order valence-electron chi connectivity index (χ3n) is 1.68. The lowest BCUT2D eigenvalue weighted by Gasteiger charge is -2.02. The second-order valence-electron chi connectivity index (χ2n) is 2.84. The fraction of sp³-hybridized carbons (Fsp3) is 0.100. The van der Waals surface area contributed by atoms with Gasteiger partial charge in [0.05, 0.1) is 18.2 Å². The number of nitrogens with two attached hydrogens (primary N) is 1. The van der Waals surface area contributed by atoms with E-state index in [1.807, 2.05) is 6.07 Å². The highest BCUT2D eigenvalue weighted by Crippen LogP contribution is 2.03.